The first kappa shape index (κ1) is 13.4. The van der Waals surface area contributed by atoms with E-state index in [-0.39, 0.29) is 17.9 Å². The van der Waals surface area contributed by atoms with Gasteiger partial charge in [0, 0.05) is 24.9 Å². The highest BCUT2D eigenvalue weighted by Gasteiger charge is 2.35. The monoisotopic (exact) mass is 242 g/mol. The Balaban J connectivity index is 2.53. The fourth-order valence-corrected chi connectivity index (χ4v) is 2.00. The highest BCUT2D eigenvalue weighted by atomic mass is 32.1. The molecule has 1 aliphatic rings. The molecule has 1 atom stereocenters. The lowest BCUT2D eigenvalue weighted by atomic mass is 10.0. The highest BCUT2D eigenvalue weighted by molar-refractivity contribution is 7.80. The van der Waals surface area contributed by atoms with Crippen LogP contribution in [-0.4, -0.2) is 28.4 Å². The molecule has 1 amide bonds. The molecule has 4 heteroatoms. The third-order valence-electron chi connectivity index (χ3n) is 3.22. The van der Waals surface area contributed by atoms with Crippen molar-refractivity contribution >= 4 is 23.1 Å². The molecule has 0 saturated heterocycles. The third-order valence-corrected chi connectivity index (χ3v) is 3.43. The van der Waals surface area contributed by atoms with Crippen molar-refractivity contribution in [3.05, 3.63) is 0 Å². The summed E-state index contributed by atoms with van der Waals surface area (Å²) in [7, 11) is 0. The first-order valence-corrected chi connectivity index (χ1v) is 6.43. The third kappa shape index (κ3) is 3.74. The van der Waals surface area contributed by atoms with E-state index >= 15 is 0 Å². The number of rotatable bonds is 6. The van der Waals surface area contributed by atoms with Gasteiger partial charge in [-0.1, -0.05) is 19.1 Å². The van der Waals surface area contributed by atoms with Gasteiger partial charge in [-0.2, -0.15) is 0 Å². The number of nitrogens with two attached hydrogens (primary N) is 1. The van der Waals surface area contributed by atoms with Gasteiger partial charge in [0.2, 0.25) is 5.91 Å². The second-order valence-electron chi connectivity index (χ2n) is 4.97. The Labute approximate surface area is 103 Å². The van der Waals surface area contributed by atoms with Crippen molar-refractivity contribution in [2.24, 2.45) is 17.6 Å². The summed E-state index contributed by atoms with van der Waals surface area (Å²) in [6.45, 7) is 6.77. The second kappa shape index (κ2) is 5.62. The van der Waals surface area contributed by atoms with Crippen LogP contribution in [0.5, 0.6) is 0 Å². The molecule has 1 unspecified atom stereocenters. The lowest BCUT2D eigenvalue weighted by Gasteiger charge is -2.29. The zero-order valence-corrected chi connectivity index (χ0v) is 11.2. The van der Waals surface area contributed by atoms with Crippen LogP contribution in [0.2, 0.25) is 0 Å². The van der Waals surface area contributed by atoms with Crippen LogP contribution in [0.1, 0.15) is 40.0 Å². The van der Waals surface area contributed by atoms with Crippen LogP contribution in [0.4, 0.5) is 0 Å². The van der Waals surface area contributed by atoms with Crippen LogP contribution in [0, 0.1) is 11.8 Å². The molecule has 0 aromatic heterocycles. The van der Waals surface area contributed by atoms with Gasteiger partial charge < -0.3 is 10.6 Å². The Bertz CT molecular complexity index is 274. The van der Waals surface area contributed by atoms with Crippen molar-refractivity contribution < 1.29 is 4.79 Å². The number of hydrogen-bond acceptors (Lipinski definition) is 2. The largest absolute Gasteiger partial charge is 0.393 e. The Hall–Kier alpha value is -0.640. The average Bonchev–Trinajstić information content (AvgIpc) is 2.98. The SMILES string of the molecule is CC(C(=O)N(CCC(N)=S)C(C)C)C1CC1. The number of nitrogens with zero attached hydrogens (tertiary/aromatic N) is 1. The maximum absolute atomic E-state index is 12.2. The van der Waals surface area contributed by atoms with E-state index in [0.29, 0.717) is 23.9 Å². The number of carbonyl (C=O) groups excluding carboxylic acids is 1. The minimum absolute atomic E-state index is 0.161. The van der Waals surface area contributed by atoms with Gasteiger partial charge >= 0.3 is 0 Å². The Morgan fingerprint density at radius 1 is 1.44 bits per heavy atom. The lowest BCUT2D eigenvalue weighted by molar-refractivity contribution is -0.137. The molecular weight excluding hydrogens is 220 g/mol. The van der Waals surface area contributed by atoms with Crippen molar-refractivity contribution in [2.45, 2.75) is 46.1 Å². The van der Waals surface area contributed by atoms with E-state index in [0.717, 1.165) is 0 Å². The van der Waals surface area contributed by atoms with Crippen molar-refractivity contribution in [2.75, 3.05) is 6.54 Å². The first-order valence-electron chi connectivity index (χ1n) is 6.02. The van der Waals surface area contributed by atoms with E-state index in [9.17, 15) is 4.79 Å². The zero-order chi connectivity index (χ0) is 12.3. The molecule has 0 heterocycles. The molecule has 1 fully saturated rings. The van der Waals surface area contributed by atoms with Gasteiger partial charge in [0.25, 0.3) is 0 Å². The summed E-state index contributed by atoms with van der Waals surface area (Å²) in [5.41, 5.74) is 5.48. The van der Waals surface area contributed by atoms with E-state index in [1.54, 1.807) is 0 Å². The zero-order valence-electron chi connectivity index (χ0n) is 10.4. The molecule has 0 aromatic carbocycles. The summed E-state index contributed by atoms with van der Waals surface area (Å²) < 4.78 is 0. The van der Waals surface area contributed by atoms with Gasteiger partial charge in [-0.15, -0.1) is 0 Å². The van der Waals surface area contributed by atoms with E-state index in [4.69, 9.17) is 18.0 Å². The molecule has 16 heavy (non-hydrogen) atoms. The van der Waals surface area contributed by atoms with E-state index in [1.165, 1.54) is 12.8 Å². The van der Waals surface area contributed by atoms with Gasteiger partial charge in [0.05, 0.1) is 4.99 Å². The summed E-state index contributed by atoms with van der Waals surface area (Å²) in [5, 5.41) is 0. The molecule has 1 rings (SSSR count). The van der Waals surface area contributed by atoms with Crippen molar-refractivity contribution in [1.29, 1.82) is 0 Å². The van der Waals surface area contributed by atoms with Crippen LogP contribution >= 0.6 is 12.2 Å². The molecule has 0 bridgehead atoms. The average molecular weight is 242 g/mol. The van der Waals surface area contributed by atoms with Gasteiger partial charge in [-0.25, -0.2) is 0 Å². The Morgan fingerprint density at radius 2 is 2.00 bits per heavy atom. The predicted octanol–water partition coefficient (Wildman–Crippen LogP) is 1.95. The van der Waals surface area contributed by atoms with E-state index in [2.05, 4.69) is 0 Å². The fourth-order valence-electron chi connectivity index (χ4n) is 1.91. The molecule has 92 valence electrons. The standard InChI is InChI=1S/C12H22N2OS/c1-8(2)14(7-6-11(13)16)12(15)9(3)10-4-5-10/h8-10H,4-7H2,1-3H3,(H2,13,16). The maximum atomic E-state index is 12.2. The summed E-state index contributed by atoms with van der Waals surface area (Å²) in [4.78, 5) is 14.6. The molecule has 2 N–H and O–H groups in total. The van der Waals surface area contributed by atoms with Crippen LogP contribution in [0.3, 0.4) is 0 Å². The van der Waals surface area contributed by atoms with Crippen LogP contribution in [0.15, 0.2) is 0 Å². The van der Waals surface area contributed by atoms with Crippen molar-refractivity contribution in [3.63, 3.8) is 0 Å². The molecule has 0 spiro atoms. The summed E-state index contributed by atoms with van der Waals surface area (Å²) >= 11 is 4.86. The second-order valence-corrected chi connectivity index (χ2v) is 5.49. The summed E-state index contributed by atoms with van der Waals surface area (Å²) in [6, 6.07) is 0.225. The molecule has 0 aromatic rings. The molecule has 1 aliphatic carbocycles. The first-order chi connectivity index (χ1) is 7.43. The number of amides is 1. The quantitative estimate of drug-likeness (QED) is 0.724. The number of carbonyl (C=O) groups is 1. The topological polar surface area (TPSA) is 46.3 Å². The minimum Gasteiger partial charge on any atom is -0.393 e. The van der Waals surface area contributed by atoms with E-state index in [1.807, 2.05) is 25.7 Å². The molecular formula is C12H22N2OS. The highest BCUT2D eigenvalue weighted by Crippen LogP contribution is 2.37. The van der Waals surface area contributed by atoms with Crippen LogP contribution in [-0.2, 0) is 4.79 Å². The van der Waals surface area contributed by atoms with Gasteiger partial charge in [-0.3, -0.25) is 4.79 Å². The fraction of sp³-hybridized carbons (Fsp3) is 0.833. The van der Waals surface area contributed by atoms with Gasteiger partial charge in [0.15, 0.2) is 0 Å². The van der Waals surface area contributed by atoms with Crippen LogP contribution < -0.4 is 5.73 Å². The molecule has 3 nitrogen and oxygen atoms in total. The molecule has 0 radical (unpaired) electrons. The summed E-state index contributed by atoms with van der Waals surface area (Å²) in [5.74, 6) is 1.03. The van der Waals surface area contributed by atoms with Gasteiger partial charge in [0.1, 0.15) is 0 Å². The van der Waals surface area contributed by atoms with E-state index < -0.39 is 0 Å². The number of hydrogen-bond donors (Lipinski definition) is 1. The smallest absolute Gasteiger partial charge is 0.225 e. The van der Waals surface area contributed by atoms with Gasteiger partial charge in [-0.05, 0) is 32.6 Å². The summed E-state index contributed by atoms with van der Waals surface area (Å²) in [6.07, 6.45) is 3.03. The predicted molar refractivity (Wildman–Crippen MR) is 70.1 cm³/mol. The molecule has 1 saturated carbocycles. The maximum Gasteiger partial charge on any atom is 0.225 e. The normalized spacial score (nSPS) is 17.2. The van der Waals surface area contributed by atoms with Crippen molar-refractivity contribution in [1.82, 2.24) is 4.90 Å². The Kier molecular flexibility index (Phi) is 4.71. The Morgan fingerprint density at radius 3 is 2.38 bits per heavy atom. The van der Waals surface area contributed by atoms with Crippen molar-refractivity contribution in [3.8, 4) is 0 Å². The minimum atomic E-state index is 0.161. The molecule has 0 aliphatic heterocycles. The lowest BCUT2D eigenvalue weighted by Crippen LogP contribution is -2.42. The number of thiocarbonyl (C=S) groups is 1. The van der Waals surface area contributed by atoms with Crippen LogP contribution in [0.25, 0.3) is 0 Å².